The van der Waals surface area contributed by atoms with Crippen LogP contribution in [0.4, 0.5) is 4.39 Å². The second kappa shape index (κ2) is 7.44. The van der Waals surface area contributed by atoms with Gasteiger partial charge in [-0.1, -0.05) is 52.8 Å². The molecule has 2 aromatic heterocycles. The average molecular weight is 407 g/mol. The zero-order valence-electron chi connectivity index (χ0n) is 15.7. The van der Waals surface area contributed by atoms with Crippen molar-refractivity contribution in [3.05, 3.63) is 65.8 Å². The van der Waals surface area contributed by atoms with Crippen LogP contribution in [0.3, 0.4) is 0 Å². The molecule has 1 fully saturated rings. The van der Waals surface area contributed by atoms with E-state index < -0.39 is 0 Å². The van der Waals surface area contributed by atoms with Gasteiger partial charge in [-0.2, -0.15) is 4.98 Å². The fourth-order valence-corrected chi connectivity index (χ4v) is 4.05. The van der Waals surface area contributed by atoms with Crippen LogP contribution in [0, 0.1) is 12.7 Å². The van der Waals surface area contributed by atoms with Crippen molar-refractivity contribution in [2.45, 2.75) is 36.7 Å². The molecule has 1 aliphatic carbocycles. The van der Waals surface area contributed by atoms with E-state index in [1.807, 2.05) is 41.8 Å². The number of nitrogens with zero attached hydrogens (tertiary/aromatic N) is 5. The van der Waals surface area contributed by atoms with Gasteiger partial charge < -0.3 is 4.52 Å². The molecule has 146 valence electrons. The first-order valence-corrected chi connectivity index (χ1v) is 10.4. The predicted molar refractivity (Wildman–Crippen MR) is 108 cm³/mol. The summed E-state index contributed by atoms with van der Waals surface area (Å²) in [7, 11) is 0. The van der Waals surface area contributed by atoms with E-state index in [9.17, 15) is 4.39 Å². The fraction of sp³-hybridized carbons (Fsp3) is 0.238. The Morgan fingerprint density at radius 3 is 2.79 bits per heavy atom. The zero-order chi connectivity index (χ0) is 19.8. The summed E-state index contributed by atoms with van der Waals surface area (Å²) in [4.78, 5) is 4.49. The van der Waals surface area contributed by atoms with Crippen molar-refractivity contribution in [3.63, 3.8) is 0 Å². The van der Waals surface area contributed by atoms with Crippen molar-refractivity contribution in [2.24, 2.45) is 0 Å². The molecule has 2 heterocycles. The molecule has 0 aliphatic heterocycles. The van der Waals surface area contributed by atoms with Gasteiger partial charge in [0.1, 0.15) is 5.82 Å². The maximum absolute atomic E-state index is 14.3. The standard InChI is InChI=1S/C21H18FN5OS/c1-13-5-4-6-14(11-13)19-23-18(28-26-19)12-29-21-25-24-20(27(21)15-9-10-15)16-7-2-3-8-17(16)22/h2-8,11,15H,9-10,12H2,1H3. The Morgan fingerprint density at radius 1 is 1.14 bits per heavy atom. The van der Waals surface area contributed by atoms with Crippen molar-refractivity contribution in [3.8, 4) is 22.8 Å². The number of aryl methyl sites for hydroxylation is 1. The van der Waals surface area contributed by atoms with Crippen molar-refractivity contribution in [2.75, 3.05) is 0 Å². The summed E-state index contributed by atoms with van der Waals surface area (Å²) in [5, 5.41) is 13.4. The Morgan fingerprint density at radius 2 is 2.00 bits per heavy atom. The number of aromatic nitrogens is 5. The highest BCUT2D eigenvalue weighted by atomic mass is 32.2. The minimum atomic E-state index is -0.293. The van der Waals surface area contributed by atoms with Crippen molar-refractivity contribution < 1.29 is 8.91 Å². The molecule has 0 spiro atoms. The Balaban J connectivity index is 1.38. The lowest BCUT2D eigenvalue weighted by Crippen LogP contribution is -2.01. The van der Waals surface area contributed by atoms with Crippen LogP contribution in [0.25, 0.3) is 22.8 Å². The van der Waals surface area contributed by atoms with Gasteiger partial charge >= 0.3 is 0 Å². The Labute approximate surface area is 171 Å². The van der Waals surface area contributed by atoms with E-state index in [0.29, 0.717) is 34.9 Å². The highest BCUT2D eigenvalue weighted by Crippen LogP contribution is 2.41. The molecule has 0 amide bonds. The van der Waals surface area contributed by atoms with E-state index in [1.54, 1.807) is 12.1 Å². The maximum Gasteiger partial charge on any atom is 0.237 e. The van der Waals surface area contributed by atoms with Gasteiger partial charge in [-0.25, -0.2) is 4.39 Å². The van der Waals surface area contributed by atoms with Gasteiger partial charge in [0, 0.05) is 11.6 Å². The van der Waals surface area contributed by atoms with Gasteiger partial charge in [-0.15, -0.1) is 10.2 Å². The van der Waals surface area contributed by atoms with Crippen LogP contribution in [0.15, 0.2) is 58.2 Å². The van der Waals surface area contributed by atoms with Crippen LogP contribution in [0.5, 0.6) is 0 Å². The normalized spacial score (nSPS) is 13.7. The average Bonchev–Trinajstić information content (AvgIpc) is 3.30. The minimum absolute atomic E-state index is 0.293. The van der Waals surface area contributed by atoms with E-state index in [-0.39, 0.29) is 5.82 Å². The van der Waals surface area contributed by atoms with Crippen molar-refractivity contribution in [1.82, 2.24) is 24.9 Å². The van der Waals surface area contributed by atoms with Gasteiger partial charge in [-0.05, 0) is 38.0 Å². The van der Waals surface area contributed by atoms with E-state index in [0.717, 1.165) is 29.1 Å². The summed E-state index contributed by atoms with van der Waals surface area (Å²) in [5.74, 6) is 1.84. The summed E-state index contributed by atoms with van der Waals surface area (Å²) in [6.07, 6.45) is 2.09. The quantitative estimate of drug-likeness (QED) is 0.416. The topological polar surface area (TPSA) is 69.6 Å². The molecule has 1 aliphatic rings. The second-order valence-electron chi connectivity index (χ2n) is 7.06. The van der Waals surface area contributed by atoms with E-state index in [1.165, 1.54) is 17.8 Å². The number of halogens is 1. The van der Waals surface area contributed by atoms with Gasteiger partial charge in [0.2, 0.25) is 11.7 Å². The second-order valence-corrected chi connectivity index (χ2v) is 8.00. The number of thioether (sulfide) groups is 1. The number of benzene rings is 2. The van der Waals surface area contributed by atoms with Crippen LogP contribution in [-0.4, -0.2) is 24.9 Å². The summed E-state index contributed by atoms with van der Waals surface area (Å²) in [5.41, 5.74) is 2.53. The number of rotatable bonds is 6. The van der Waals surface area contributed by atoms with E-state index in [4.69, 9.17) is 4.52 Å². The molecule has 0 N–H and O–H groups in total. The lowest BCUT2D eigenvalue weighted by atomic mass is 10.1. The van der Waals surface area contributed by atoms with Crippen LogP contribution in [0.1, 0.15) is 30.3 Å². The summed E-state index contributed by atoms with van der Waals surface area (Å²) < 4.78 is 21.7. The lowest BCUT2D eigenvalue weighted by Gasteiger charge is -2.08. The monoisotopic (exact) mass is 407 g/mol. The molecule has 2 aromatic carbocycles. The van der Waals surface area contributed by atoms with E-state index in [2.05, 4.69) is 20.3 Å². The summed E-state index contributed by atoms with van der Waals surface area (Å²) >= 11 is 1.47. The third-order valence-corrected chi connectivity index (χ3v) is 5.69. The molecule has 6 nitrogen and oxygen atoms in total. The highest BCUT2D eigenvalue weighted by molar-refractivity contribution is 7.98. The van der Waals surface area contributed by atoms with Crippen LogP contribution >= 0.6 is 11.8 Å². The van der Waals surface area contributed by atoms with Crippen LogP contribution in [-0.2, 0) is 5.75 Å². The molecule has 0 unspecified atom stereocenters. The van der Waals surface area contributed by atoms with Gasteiger partial charge in [0.15, 0.2) is 11.0 Å². The largest absolute Gasteiger partial charge is 0.338 e. The maximum atomic E-state index is 14.3. The predicted octanol–water partition coefficient (Wildman–Crippen LogP) is 5.07. The Kier molecular flexibility index (Phi) is 4.63. The van der Waals surface area contributed by atoms with Crippen LogP contribution < -0.4 is 0 Å². The number of hydrogen-bond acceptors (Lipinski definition) is 6. The summed E-state index contributed by atoms with van der Waals surface area (Å²) in [6, 6.07) is 14.9. The SMILES string of the molecule is Cc1cccc(-c2noc(CSc3nnc(-c4ccccc4F)n3C3CC3)n2)c1. The molecule has 5 rings (SSSR count). The highest BCUT2D eigenvalue weighted by Gasteiger charge is 2.31. The Hall–Kier alpha value is -3.00. The van der Waals surface area contributed by atoms with Crippen LogP contribution in [0.2, 0.25) is 0 Å². The van der Waals surface area contributed by atoms with Crippen molar-refractivity contribution >= 4 is 11.8 Å². The minimum Gasteiger partial charge on any atom is -0.338 e. The first-order chi connectivity index (χ1) is 14.2. The molecular formula is C21H18FN5OS. The molecule has 0 saturated heterocycles. The molecule has 8 heteroatoms. The smallest absolute Gasteiger partial charge is 0.237 e. The zero-order valence-corrected chi connectivity index (χ0v) is 16.6. The van der Waals surface area contributed by atoms with Gasteiger partial charge in [0.25, 0.3) is 0 Å². The number of hydrogen-bond donors (Lipinski definition) is 0. The molecule has 29 heavy (non-hydrogen) atoms. The first kappa shape index (κ1) is 18.1. The summed E-state index contributed by atoms with van der Waals surface area (Å²) in [6.45, 7) is 2.03. The van der Waals surface area contributed by atoms with Gasteiger partial charge in [-0.3, -0.25) is 4.57 Å². The molecule has 0 radical (unpaired) electrons. The van der Waals surface area contributed by atoms with Gasteiger partial charge in [0.05, 0.1) is 11.3 Å². The molecule has 1 saturated carbocycles. The molecular weight excluding hydrogens is 389 g/mol. The molecule has 0 atom stereocenters. The molecule has 0 bridgehead atoms. The first-order valence-electron chi connectivity index (χ1n) is 9.41. The molecule has 4 aromatic rings. The Bertz CT molecular complexity index is 1170. The third kappa shape index (κ3) is 3.67. The van der Waals surface area contributed by atoms with E-state index >= 15 is 0 Å². The lowest BCUT2D eigenvalue weighted by molar-refractivity contribution is 0.391. The fourth-order valence-electron chi connectivity index (χ4n) is 3.20. The third-order valence-electron chi connectivity index (χ3n) is 4.76. The van der Waals surface area contributed by atoms with Crippen molar-refractivity contribution in [1.29, 1.82) is 0 Å².